The number of ether oxygens (including phenoxy) is 2. The zero-order valence-corrected chi connectivity index (χ0v) is 21.1. The van der Waals surface area contributed by atoms with Gasteiger partial charge in [0.15, 0.2) is 6.10 Å². The number of alkyl halides is 3. The van der Waals surface area contributed by atoms with Crippen molar-refractivity contribution < 1.29 is 27.4 Å². The molecule has 2 N–H and O–H groups in total. The fourth-order valence-corrected chi connectivity index (χ4v) is 5.06. The molecule has 0 radical (unpaired) electrons. The van der Waals surface area contributed by atoms with Gasteiger partial charge in [-0.1, -0.05) is 12.1 Å². The molecule has 202 valence electrons. The largest absolute Gasteiger partial charge is 0.416 e. The van der Waals surface area contributed by atoms with Gasteiger partial charge in [-0.2, -0.15) is 18.3 Å². The van der Waals surface area contributed by atoms with Crippen LogP contribution in [-0.2, 0) is 16.5 Å². The highest BCUT2D eigenvalue weighted by Crippen LogP contribution is 2.41. The Kier molecular flexibility index (Phi) is 7.01. The van der Waals surface area contributed by atoms with Crippen LogP contribution in [-0.4, -0.2) is 77.4 Å². The third-order valence-electron chi connectivity index (χ3n) is 7.00. The fourth-order valence-electron chi connectivity index (χ4n) is 5.06. The van der Waals surface area contributed by atoms with Gasteiger partial charge in [0, 0.05) is 32.9 Å². The van der Waals surface area contributed by atoms with Crippen molar-refractivity contribution in [1.29, 1.82) is 0 Å². The van der Waals surface area contributed by atoms with Gasteiger partial charge in [-0.15, -0.1) is 0 Å². The molecule has 2 aliphatic heterocycles. The van der Waals surface area contributed by atoms with Crippen molar-refractivity contribution in [3.8, 4) is 22.5 Å². The van der Waals surface area contributed by atoms with Crippen LogP contribution in [0.5, 0.6) is 0 Å². The summed E-state index contributed by atoms with van der Waals surface area (Å²) in [5.41, 5.74) is 9.63. The number of nitrogens with two attached hydrogens (primary N) is 1. The van der Waals surface area contributed by atoms with Gasteiger partial charge in [-0.05, 0) is 53.4 Å². The molecule has 38 heavy (non-hydrogen) atoms. The number of anilines is 1. The number of hydrogen-bond donors (Lipinski definition) is 1. The first-order valence-corrected chi connectivity index (χ1v) is 12.3. The minimum Gasteiger partial charge on any atom is -0.378 e. The van der Waals surface area contributed by atoms with Crippen molar-refractivity contribution >= 4 is 11.8 Å². The molecule has 2 aliphatic rings. The number of carbonyl (C=O) groups excluding carboxylic acids is 1. The van der Waals surface area contributed by atoms with Gasteiger partial charge in [0.05, 0.1) is 37.3 Å². The van der Waals surface area contributed by atoms with Crippen LogP contribution in [0.3, 0.4) is 0 Å². The minimum absolute atomic E-state index is 0.0309. The summed E-state index contributed by atoms with van der Waals surface area (Å²) in [5.74, 6) is 0.736. The number of carbonyl (C=O) groups is 1. The van der Waals surface area contributed by atoms with Crippen LogP contribution >= 0.6 is 0 Å². The zero-order valence-electron chi connectivity index (χ0n) is 21.1. The molecule has 12 heteroatoms. The predicted molar refractivity (Wildman–Crippen MR) is 134 cm³/mol. The maximum atomic E-state index is 14.0. The molecule has 2 atom stereocenters. The van der Waals surface area contributed by atoms with E-state index in [0.29, 0.717) is 37.6 Å². The molecule has 5 rings (SSSR count). The predicted octanol–water partition coefficient (Wildman–Crippen LogP) is 3.68. The summed E-state index contributed by atoms with van der Waals surface area (Å²) < 4.78 is 54.3. The lowest BCUT2D eigenvalue weighted by atomic mass is 9.91. The van der Waals surface area contributed by atoms with E-state index in [1.54, 1.807) is 29.1 Å². The highest BCUT2D eigenvalue weighted by atomic mass is 19.4. The fraction of sp³-hybridized carbons (Fsp3) is 0.423. The summed E-state index contributed by atoms with van der Waals surface area (Å²) in [6.45, 7) is 4.10. The van der Waals surface area contributed by atoms with Crippen LogP contribution in [0.4, 0.5) is 23.8 Å². The molecular formula is C26H29F3N6O3. The number of nitrogens with zero attached hydrogens (tertiary/aromatic N) is 5. The number of benzene rings is 1. The molecular weight excluding hydrogens is 501 g/mol. The van der Waals surface area contributed by atoms with E-state index in [1.165, 1.54) is 0 Å². The number of morpholine rings is 2. The number of aryl methyl sites for hydroxylation is 2. The van der Waals surface area contributed by atoms with Crippen LogP contribution in [0.1, 0.15) is 17.2 Å². The minimum atomic E-state index is -4.68. The maximum absolute atomic E-state index is 14.0. The first kappa shape index (κ1) is 26.0. The molecule has 4 heterocycles. The Morgan fingerprint density at radius 1 is 1.08 bits per heavy atom. The van der Waals surface area contributed by atoms with Crippen LogP contribution in [0.25, 0.3) is 22.5 Å². The molecule has 2 saturated heterocycles. The van der Waals surface area contributed by atoms with Crippen LogP contribution in [0, 0.1) is 6.92 Å². The molecule has 1 aromatic carbocycles. The van der Waals surface area contributed by atoms with Crippen LogP contribution in [0.2, 0.25) is 0 Å². The van der Waals surface area contributed by atoms with Crippen molar-refractivity contribution in [2.45, 2.75) is 25.2 Å². The second-order valence-electron chi connectivity index (χ2n) is 9.42. The van der Waals surface area contributed by atoms with Gasteiger partial charge in [0.25, 0.3) is 0 Å². The Hall–Kier alpha value is -3.64. The lowest BCUT2D eigenvalue weighted by molar-refractivity contribution is -0.250. The molecule has 9 nitrogen and oxygen atoms in total. The third-order valence-corrected chi connectivity index (χ3v) is 7.00. The number of hydrogen-bond acceptors (Lipinski definition) is 6. The van der Waals surface area contributed by atoms with E-state index in [4.69, 9.17) is 20.2 Å². The topological polar surface area (TPSA) is 98.7 Å². The van der Waals surface area contributed by atoms with Gasteiger partial charge < -0.3 is 25.0 Å². The third kappa shape index (κ3) is 5.05. The Balaban J connectivity index is 1.64. The molecule has 2 aromatic heterocycles. The number of halogens is 3. The van der Waals surface area contributed by atoms with Crippen molar-refractivity contribution in [2.24, 2.45) is 12.8 Å². The number of urea groups is 1. The lowest BCUT2D eigenvalue weighted by Crippen LogP contribution is -2.54. The number of primary amides is 1. The SMILES string of the molecule is Cc1ccc(C2C(C(F)(F)F)OCCN2C(N)=O)cc1-c1cc(-c2ccnn2C)nc(N2CCOCC2)c1. The molecule has 2 fully saturated rings. The average Bonchev–Trinajstić information content (AvgIpc) is 3.34. The van der Waals surface area contributed by atoms with E-state index in [9.17, 15) is 18.0 Å². The quantitative estimate of drug-likeness (QED) is 0.553. The molecule has 0 bridgehead atoms. The number of pyridine rings is 1. The van der Waals surface area contributed by atoms with Gasteiger partial charge in [0.2, 0.25) is 0 Å². The highest BCUT2D eigenvalue weighted by Gasteiger charge is 2.51. The van der Waals surface area contributed by atoms with Gasteiger partial charge in [0.1, 0.15) is 5.82 Å². The van der Waals surface area contributed by atoms with E-state index in [-0.39, 0.29) is 13.2 Å². The Bertz CT molecular complexity index is 1320. The number of aromatic nitrogens is 3. The van der Waals surface area contributed by atoms with Gasteiger partial charge in [-0.25, -0.2) is 9.78 Å². The van der Waals surface area contributed by atoms with Crippen molar-refractivity contribution in [2.75, 3.05) is 44.4 Å². The molecule has 0 spiro atoms. The molecule has 2 unspecified atom stereocenters. The average molecular weight is 531 g/mol. The second kappa shape index (κ2) is 10.3. The Morgan fingerprint density at radius 3 is 2.50 bits per heavy atom. The maximum Gasteiger partial charge on any atom is 0.416 e. The monoisotopic (exact) mass is 530 g/mol. The summed E-state index contributed by atoms with van der Waals surface area (Å²) in [6, 6.07) is 8.40. The van der Waals surface area contributed by atoms with Crippen molar-refractivity contribution in [1.82, 2.24) is 19.7 Å². The Morgan fingerprint density at radius 2 is 1.84 bits per heavy atom. The Labute approximate surface area is 217 Å². The van der Waals surface area contributed by atoms with E-state index in [1.807, 2.05) is 32.2 Å². The van der Waals surface area contributed by atoms with Crippen molar-refractivity contribution in [3.05, 3.63) is 53.7 Å². The van der Waals surface area contributed by atoms with Crippen LogP contribution in [0.15, 0.2) is 42.6 Å². The van der Waals surface area contributed by atoms with E-state index >= 15 is 0 Å². The zero-order chi connectivity index (χ0) is 27.0. The van der Waals surface area contributed by atoms with Gasteiger partial charge in [-0.3, -0.25) is 4.68 Å². The summed E-state index contributed by atoms with van der Waals surface area (Å²) in [7, 11) is 1.82. The number of amides is 2. The van der Waals surface area contributed by atoms with Gasteiger partial charge >= 0.3 is 12.2 Å². The summed E-state index contributed by atoms with van der Waals surface area (Å²) in [5, 5.41) is 4.26. The summed E-state index contributed by atoms with van der Waals surface area (Å²) in [4.78, 5) is 20.2. The van der Waals surface area contributed by atoms with E-state index < -0.39 is 24.4 Å². The highest BCUT2D eigenvalue weighted by molar-refractivity contribution is 5.76. The first-order valence-electron chi connectivity index (χ1n) is 12.3. The van der Waals surface area contributed by atoms with Crippen LogP contribution < -0.4 is 10.6 Å². The molecule has 3 aromatic rings. The molecule has 0 aliphatic carbocycles. The summed E-state index contributed by atoms with van der Waals surface area (Å²) >= 11 is 0. The van der Waals surface area contributed by atoms with E-state index in [2.05, 4.69) is 10.00 Å². The normalized spacial score (nSPS) is 20.6. The lowest BCUT2D eigenvalue weighted by Gasteiger charge is -2.41. The first-order chi connectivity index (χ1) is 18.1. The number of rotatable bonds is 4. The van der Waals surface area contributed by atoms with Crippen molar-refractivity contribution in [3.63, 3.8) is 0 Å². The molecule has 2 amide bonds. The second-order valence-corrected chi connectivity index (χ2v) is 9.42. The summed E-state index contributed by atoms with van der Waals surface area (Å²) in [6.07, 6.45) is -5.19. The molecule has 0 saturated carbocycles. The van der Waals surface area contributed by atoms with E-state index in [0.717, 1.165) is 33.1 Å². The standard InChI is InChI=1S/C26H29F3N6O3/c1-16-3-4-17(23-24(26(27,28)29)38-12-9-35(23)25(30)36)13-19(16)18-14-20(21-5-6-31-33(21)2)32-22(15-18)34-7-10-37-11-8-34/h3-6,13-15,23-24H,7-12H2,1-2H3,(H2,30,36). The smallest absolute Gasteiger partial charge is 0.378 e.